The van der Waals surface area contributed by atoms with Crippen molar-refractivity contribution in [2.45, 2.75) is 207 Å². The van der Waals surface area contributed by atoms with Gasteiger partial charge in [0.25, 0.3) is 0 Å². The Morgan fingerprint density at radius 2 is 1.30 bits per heavy atom. The second kappa shape index (κ2) is 35.3. The van der Waals surface area contributed by atoms with Crippen LogP contribution in [0.3, 0.4) is 0 Å². The predicted molar refractivity (Wildman–Crippen MR) is 335 cm³/mol. The topological polar surface area (TPSA) is 259 Å². The average molecular weight is 1290 g/mol. The van der Waals surface area contributed by atoms with E-state index in [0.717, 1.165) is 49.1 Å². The number of carbonyl (C=O) groups excluding carboxylic acids is 11. The van der Waals surface area contributed by atoms with Crippen molar-refractivity contribution in [3.63, 3.8) is 0 Å². The molecule has 2 aliphatic heterocycles. The van der Waals surface area contributed by atoms with E-state index in [1.165, 1.54) is 70.7 Å². The zero-order chi connectivity index (χ0) is 67.5. The summed E-state index contributed by atoms with van der Waals surface area (Å²) in [5.74, 6) is -6.97. The lowest BCUT2D eigenvalue weighted by Gasteiger charge is -2.35. The van der Waals surface area contributed by atoms with Crippen LogP contribution in [0.1, 0.15) is 163 Å². The predicted octanol–water partition coefficient (Wildman–Crippen LogP) is 5.41. The van der Waals surface area contributed by atoms with Crippen molar-refractivity contribution in [2.75, 3.05) is 74.5 Å². The first kappa shape index (κ1) is 75.9. The highest BCUT2D eigenvalue weighted by atomic mass is 35.5. The number of nitrogens with one attached hydrogen (secondary N) is 4. The fourth-order valence-corrected chi connectivity index (χ4v) is 12.5. The van der Waals surface area contributed by atoms with Crippen LogP contribution in [0.2, 0.25) is 5.02 Å². The van der Waals surface area contributed by atoms with E-state index >= 15 is 0 Å². The van der Waals surface area contributed by atoms with E-state index in [9.17, 15) is 65.9 Å². The molecular weight excluding hydrogens is 1190 g/mol. The van der Waals surface area contributed by atoms with Gasteiger partial charge in [0, 0.05) is 73.8 Å². The second-order valence-electron chi connectivity index (χ2n) is 25.8. The molecule has 1 aromatic rings. The molecule has 1 saturated carbocycles. The summed E-state index contributed by atoms with van der Waals surface area (Å²) in [5, 5.41) is 10.8. The molecule has 0 radical (unpaired) electrons. The molecule has 0 aromatic heterocycles. The van der Waals surface area contributed by atoms with Crippen molar-refractivity contribution in [2.24, 2.45) is 23.7 Å². The molecular formula is C64H101ClF3N11O11. The Balaban J connectivity index is 1.71. The first-order valence-electron chi connectivity index (χ1n) is 32.1. The van der Waals surface area contributed by atoms with Crippen LogP contribution in [0.25, 0.3) is 0 Å². The Bertz CT molecular complexity index is 2680. The van der Waals surface area contributed by atoms with Gasteiger partial charge in [0.15, 0.2) is 0 Å². The Morgan fingerprint density at radius 3 is 1.90 bits per heavy atom. The Kier molecular flexibility index (Phi) is 29.8. The summed E-state index contributed by atoms with van der Waals surface area (Å²) in [4.78, 5) is 165. The van der Waals surface area contributed by atoms with E-state index in [-0.39, 0.29) is 88.2 Å². The number of halogens is 4. The fourth-order valence-electron chi connectivity index (χ4n) is 12.2. The minimum absolute atomic E-state index is 0.0206. The summed E-state index contributed by atoms with van der Waals surface area (Å²) < 4.78 is 41.0. The molecule has 4 rings (SSSR count). The minimum atomic E-state index is -4.72. The molecule has 4 N–H and O–H groups in total. The van der Waals surface area contributed by atoms with Gasteiger partial charge in [-0.15, -0.1) is 0 Å². The lowest BCUT2D eigenvalue weighted by atomic mass is 9.84. The number of benzene rings is 1. The van der Waals surface area contributed by atoms with Crippen molar-refractivity contribution in [3.8, 4) is 0 Å². The van der Waals surface area contributed by atoms with Gasteiger partial charge in [0.2, 0.25) is 65.0 Å². The Hall–Kier alpha value is -6.53. The molecule has 2 heterocycles. The highest BCUT2D eigenvalue weighted by Gasteiger charge is 2.41. The first-order chi connectivity index (χ1) is 42.2. The number of nitrogens with zero attached hydrogens (tertiary/aromatic N) is 7. The van der Waals surface area contributed by atoms with E-state index in [0.29, 0.717) is 31.2 Å². The number of rotatable bonds is 11. The molecule has 3 aliphatic rings. The Labute approximate surface area is 535 Å². The summed E-state index contributed by atoms with van der Waals surface area (Å²) in [6.07, 6.45) is 1.64. The summed E-state index contributed by atoms with van der Waals surface area (Å²) >= 11 is 6.07. The molecule has 22 nitrogen and oxygen atoms in total. The molecule has 0 unspecified atom stereocenters. The van der Waals surface area contributed by atoms with E-state index in [2.05, 4.69) is 21.3 Å². The van der Waals surface area contributed by atoms with Gasteiger partial charge in [-0.05, 0) is 107 Å². The van der Waals surface area contributed by atoms with Crippen molar-refractivity contribution >= 4 is 76.6 Å². The molecule has 0 bridgehead atoms. The number of carbonyl (C=O) groups is 11. The van der Waals surface area contributed by atoms with Crippen LogP contribution in [0.4, 0.5) is 13.2 Å². The average Bonchev–Trinajstić information content (AvgIpc) is 2.29. The van der Waals surface area contributed by atoms with Gasteiger partial charge in [-0.3, -0.25) is 52.7 Å². The van der Waals surface area contributed by atoms with E-state index < -0.39 is 144 Å². The summed E-state index contributed by atoms with van der Waals surface area (Å²) in [6, 6.07) is -4.02. The molecule has 1 aliphatic carbocycles. The number of hydrogen-bond acceptors (Lipinski definition) is 11. The quantitative estimate of drug-likeness (QED) is 0.218. The molecule has 3 fully saturated rings. The highest BCUT2D eigenvalue weighted by molar-refractivity contribution is 6.31. The first-order valence-corrected chi connectivity index (χ1v) is 32.5. The maximum Gasteiger partial charge on any atom is 0.417 e. The van der Waals surface area contributed by atoms with Gasteiger partial charge in [-0.25, -0.2) is 0 Å². The van der Waals surface area contributed by atoms with Crippen LogP contribution >= 0.6 is 11.6 Å². The lowest BCUT2D eigenvalue weighted by Crippen LogP contribution is -2.58. The summed E-state index contributed by atoms with van der Waals surface area (Å²) in [6.45, 7) is 13.0. The number of aryl methyl sites for hydroxylation is 1. The van der Waals surface area contributed by atoms with Crippen LogP contribution < -0.4 is 21.3 Å². The molecule has 90 heavy (non-hydrogen) atoms. The van der Waals surface area contributed by atoms with Crippen LogP contribution in [-0.2, 0) is 65.3 Å². The zero-order valence-corrected chi connectivity index (χ0v) is 56.0. The van der Waals surface area contributed by atoms with E-state index in [1.807, 2.05) is 20.8 Å². The SMILES string of the molecule is CC[C@H](C)[C@@H]1NC(=O)[C@H](CC(C)C)N(C)C(=O)C[C@@H](C)NC(=O)[C@H](C(C)C)N(C)C(=O)CCCCNC(=O)[C@@H]2CCCN2C(=O)[C@H](CCc2ccc(C(F)(F)F)c(Cl)c2)NC(=O)CN(C)C(=O)[C@H](CC2CCCCC2)N(C)C(=O)CN(CC)C(=O)CN(C)C1=O. The summed E-state index contributed by atoms with van der Waals surface area (Å²) in [7, 11) is 7.26. The smallest absolute Gasteiger partial charge is 0.354 e. The molecule has 1 aromatic carbocycles. The minimum Gasteiger partial charge on any atom is -0.354 e. The van der Waals surface area contributed by atoms with Gasteiger partial charge < -0.3 is 55.6 Å². The van der Waals surface area contributed by atoms with Crippen LogP contribution in [-0.4, -0.2) is 216 Å². The van der Waals surface area contributed by atoms with Gasteiger partial charge in [0.05, 0.1) is 30.2 Å². The third kappa shape index (κ3) is 21.8. The second-order valence-corrected chi connectivity index (χ2v) is 26.2. The highest BCUT2D eigenvalue weighted by Crippen LogP contribution is 2.35. The molecule has 26 heteroatoms. The number of likely N-dealkylation sites (N-methyl/N-ethyl adjacent to an activating group) is 6. The maximum atomic E-state index is 14.7. The zero-order valence-electron chi connectivity index (χ0n) is 55.3. The third-order valence-electron chi connectivity index (χ3n) is 17.9. The largest absolute Gasteiger partial charge is 0.417 e. The van der Waals surface area contributed by atoms with Crippen LogP contribution in [0.5, 0.6) is 0 Å². The van der Waals surface area contributed by atoms with Crippen molar-refractivity contribution < 1.29 is 65.9 Å². The molecule has 506 valence electrons. The van der Waals surface area contributed by atoms with Crippen molar-refractivity contribution in [3.05, 3.63) is 34.3 Å². The normalized spacial score (nSPS) is 25.4. The van der Waals surface area contributed by atoms with Gasteiger partial charge >= 0.3 is 6.18 Å². The lowest BCUT2D eigenvalue weighted by molar-refractivity contribution is -0.149. The van der Waals surface area contributed by atoms with Crippen molar-refractivity contribution in [1.29, 1.82) is 0 Å². The van der Waals surface area contributed by atoms with Crippen LogP contribution in [0, 0.1) is 23.7 Å². The van der Waals surface area contributed by atoms with Gasteiger partial charge in [-0.2, -0.15) is 13.2 Å². The van der Waals surface area contributed by atoms with E-state index in [1.54, 1.807) is 34.6 Å². The number of alkyl halides is 3. The van der Waals surface area contributed by atoms with Crippen molar-refractivity contribution in [1.82, 2.24) is 55.6 Å². The standard InChI is InChI=1S/C64H101ClF3N11O11/c1-14-41(7)56-63(90)74(10)37-55(84)78(15-2)38-54(83)76(12)50(35-43-22-17-16-18-23-43)62(89)73(9)36-51(80)71-47(29-27-44-26-28-45(46(65)34-44)64(66,67)68)61(88)79-31-21-24-48(79)58(85)69-30-20-19-25-52(81)77(13)57(40(5)6)60(87)70-42(8)33-53(82)75(11)49(32-39(3)4)59(86)72-56/h26,28,34,39-43,47-50,56-57H,14-25,27,29-33,35-38H2,1-13H3,(H,69,85)(H,70,87)(H,71,80)(H,72,86)/t41-,42+,47-,48-,49-,50-,56-,57-/m0/s1. The Morgan fingerprint density at radius 1 is 0.656 bits per heavy atom. The molecule has 0 spiro atoms. The molecule has 8 atom stereocenters. The fraction of sp³-hybridized carbons (Fsp3) is 0.734. The monoisotopic (exact) mass is 1290 g/mol. The number of amides is 11. The third-order valence-corrected chi connectivity index (χ3v) is 18.2. The van der Waals surface area contributed by atoms with Gasteiger partial charge in [0.1, 0.15) is 36.3 Å². The molecule has 2 saturated heterocycles. The number of hydrogen-bond donors (Lipinski definition) is 4. The molecule has 11 amide bonds. The number of fused-ring (bicyclic) bond motifs is 1. The van der Waals surface area contributed by atoms with E-state index in [4.69, 9.17) is 11.6 Å². The summed E-state index contributed by atoms with van der Waals surface area (Å²) in [5.41, 5.74) is -0.716. The van der Waals surface area contributed by atoms with Crippen LogP contribution in [0.15, 0.2) is 18.2 Å². The maximum absolute atomic E-state index is 14.7. The van der Waals surface area contributed by atoms with Gasteiger partial charge in [-0.1, -0.05) is 97.7 Å².